The SMILES string of the molecule is Cc1cc(F)ccc1S(=O)(=O)N1CCC(n2c(=O)n(CC(=O)O)c3cccnc32)CC1. The number of imidazole rings is 1. The van der Waals surface area contributed by atoms with Crippen molar-refractivity contribution in [3.05, 3.63) is 58.4 Å². The van der Waals surface area contributed by atoms with E-state index in [-0.39, 0.29) is 24.0 Å². The fourth-order valence-corrected chi connectivity index (χ4v) is 5.78. The molecule has 0 bridgehead atoms. The summed E-state index contributed by atoms with van der Waals surface area (Å²) in [5.41, 5.74) is 0.655. The van der Waals surface area contributed by atoms with Gasteiger partial charge in [0.25, 0.3) is 0 Å². The molecule has 9 nitrogen and oxygen atoms in total. The maximum Gasteiger partial charge on any atom is 0.331 e. The van der Waals surface area contributed by atoms with Gasteiger partial charge in [-0.15, -0.1) is 0 Å². The molecule has 1 aromatic carbocycles. The highest BCUT2D eigenvalue weighted by molar-refractivity contribution is 7.89. The number of aromatic nitrogens is 3. The Labute approximate surface area is 177 Å². The van der Waals surface area contributed by atoms with Gasteiger partial charge >= 0.3 is 11.7 Å². The number of hydrogen-bond acceptors (Lipinski definition) is 5. The Morgan fingerprint density at radius 1 is 1.26 bits per heavy atom. The average molecular weight is 448 g/mol. The van der Waals surface area contributed by atoms with Gasteiger partial charge < -0.3 is 5.11 Å². The second kappa shape index (κ2) is 7.89. The Morgan fingerprint density at radius 3 is 2.61 bits per heavy atom. The summed E-state index contributed by atoms with van der Waals surface area (Å²) < 4.78 is 43.4. The molecule has 0 unspecified atom stereocenters. The molecule has 1 N–H and O–H groups in total. The van der Waals surface area contributed by atoms with Crippen molar-refractivity contribution in [2.45, 2.75) is 37.2 Å². The number of aryl methyl sites for hydroxylation is 1. The highest BCUT2D eigenvalue weighted by atomic mass is 32.2. The van der Waals surface area contributed by atoms with Crippen LogP contribution in [0.4, 0.5) is 4.39 Å². The second-order valence-corrected chi connectivity index (χ2v) is 9.43. The monoisotopic (exact) mass is 448 g/mol. The molecule has 2 aromatic heterocycles. The maximum atomic E-state index is 13.4. The molecular weight excluding hydrogens is 427 g/mol. The van der Waals surface area contributed by atoms with Gasteiger partial charge in [-0.05, 0) is 55.7 Å². The molecule has 164 valence electrons. The van der Waals surface area contributed by atoms with Crippen molar-refractivity contribution in [3.63, 3.8) is 0 Å². The van der Waals surface area contributed by atoms with Gasteiger partial charge in [0.2, 0.25) is 10.0 Å². The number of carboxylic acid groups (broad SMARTS) is 1. The zero-order valence-electron chi connectivity index (χ0n) is 16.7. The fraction of sp³-hybridized carbons (Fsp3) is 0.350. The Hall–Kier alpha value is -3.05. The van der Waals surface area contributed by atoms with Gasteiger partial charge in [0.05, 0.1) is 10.4 Å². The summed E-state index contributed by atoms with van der Waals surface area (Å²) in [5.74, 6) is -1.64. The standard InChI is InChI=1S/C20H21FN4O5S/c1-13-11-14(21)4-5-17(13)31(29,30)23-9-6-15(7-10-23)25-19-16(3-2-8-22-19)24(20(25)28)12-18(26)27/h2-5,8,11,15H,6-7,9-10,12H2,1H3,(H,26,27). The van der Waals surface area contributed by atoms with Crippen LogP contribution in [0.15, 0.2) is 46.2 Å². The number of aliphatic carboxylic acids is 1. The smallest absolute Gasteiger partial charge is 0.331 e. The van der Waals surface area contributed by atoms with Gasteiger partial charge in [-0.25, -0.2) is 22.6 Å². The number of benzene rings is 1. The van der Waals surface area contributed by atoms with Crippen molar-refractivity contribution in [1.29, 1.82) is 0 Å². The number of nitrogens with zero attached hydrogens (tertiary/aromatic N) is 4. The first-order chi connectivity index (χ1) is 14.7. The van der Waals surface area contributed by atoms with Crippen LogP contribution in [-0.2, 0) is 21.4 Å². The van der Waals surface area contributed by atoms with E-state index in [1.54, 1.807) is 19.1 Å². The van der Waals surface area contributed by atoms with E-state index >= 15 is 0 Å². The van der Waals surface area contributed by atoms with Crippen molar-refractivity contribution in [3.8, 4) is 0 Å². The van der Waals surface area contributed by atoms with Crippen molar-refractivity contribution in [2.24, 2.45) is 0 Å². The third-order valence-electron chi connectivity index (χ3n) is 5.56. The Balaban J connectivity index is 1.62. The second-order valence-electron chi connectivity index (χ2n) is 7.52. The first-order valence-corrected chi connectivity index (χ1v) is 11.2. The first-order valence-electron chi connectivity index (χ1n) is 9.74. The number of sulfonamides is 1. The summed E-state index contributed by atoms with van der Waals surface area (Å²) in [4.78, 5) is 28.5. The molecule has 0 atom stereocenters. The lowest BCUT2D eigenvalue weighted by atomic mass is 10.1. The van der Waals surface area contributed by atoms with Crippen LogP contribution in [0.25, 0.3) is 11.2 Å². The Morgan fingerprint density at radius 2 is 1.97 bits per heavy atom. The van der Waals surface area contributed by atoms with Crippen LogP contribution in [0.2, 0.25) is 0 Å². The highest BCUT2D eigenvalue weighted by Gasteiger charge is 2.33. The van der Waals surface area contributed by atoms with E-state index in [0.717, 1.165) is 10.6 Å². The normalized spacial score (nSPS) is 16.1. The van der Waals surface area contributed by atoms with Gasteiger partial charge in [-0.1, -0.05) is 0 Å². The third kappa shape index (κ3) is 3.74. The molecule has 1 fully saturated rings. The number of hydrogen-bond donors (Lipinski definition) is 1. The lowest BCUT2D eigenvalue weighted by Gasteiger charge is -2.32. The molecule has 31 heavy (non-hydrogen) atoms. The van der Waals surface area contributed by atoms with Crippen molar-refractivity contribution in [2.75, 3.05) is 13.1 Å². The van der Waals surface area contributed by atoms with Gasteiger partial charge in [-0.2, -0.15) is 4.31 Å². The third-order valence-corrected chi connectivity index (χ3v) is 7.62. The van der Waals surface area contributed by atoms with Crippen molar-refractivity contribution < 1.29 is 22.7 Å². The molecular formula is C20H21FN4O5S. The van der Waals surface area contributed by atoms with E-state index in [9.17, 15) is 22.4 Å². The highest BCUT2D eigenvalue weighted by Crippen LogP contribution is 2.29. The van der Waals surface area contributed by atoms with Gasteiger partial charge in [-0.3, -0.25) is 13.9 Å². The van der Waals surface area contributed by atoms with E-state index in [1.807, 2.05) is 0 Å². The topological polar surface area (TPSA) is 114 Å². The summed E-state index contributed by atoms with van der Waals surface area (Å²) in [7, 11) is -3.80. The van der Waals surface area contributed by atoms with Gasteiger partial charge in [0, 0.05) is 25.3 Å². The maximum absolute atomic E-state index is 13.4. The first kappa shape index (κ1) is 21.2. The molecule has 0 radical (unpaired) electrons. The average Bonchev–Trinajstić information content (AvgIpc) is 2.99. The van der Waals surface area contributed by atoms with E-state index in [2.05, 4.69) is 4.98 Å². The number of rotatable bonds is 5. The molecule has 0 amide bonds. The summed E-state index contributed by atoms with van der Waals surface area (Å²) >= 11 is 0. The zero-order valence-corrected chi connectivity index (χ0v) is 17.5. The molecule has 0 aliphatic carbocycles. The van der Waals surface area contributed by atoms with Gasteiger partial charge in [0.15, 0.2) is 5.65 Å². The van der Waals surface area contributed by atoms with Gasteiger partial charge in [0.1, 0.15) is 12.4 Å². The van der Waals surface area contributed by atoms with Crippen LogP contribution in [-0.4, -0.2) is 51.0 Å². The molecule has 0 saturated carbocycles. The molecule has 4 rings (SSSR count). The molecule has 1 aliphatic heterocycles. The summed E-state index contributed by atoms with van der Waals surface area (Å²) in [5, 5.41) is 9.16. The van der Waals surface area contributed by atoms with Crippen LogP contribution in [0.5, 0.6) is 0 Å². The largest absolute Gasteiger partial charge is 0.480 e. The van der Waals surface area contributed by atoms with Crippen LogP contribution in [0, 0.1) is 12.7 Å². The lowest BCUT2D eigenvalue weighted by molar-refractivity contribution is -0.137. The zero-order chi connectivity index (χ0) is 22.3. The van der Waals surface area contributed by atoms with E-state index < -0.39 is 34.0 Å². The molecule has 0 spiro atoms. The summed E-state index contributed by atoms with van der Waals surface area (Å²) in [6.45, 7) is 1.42. The lowest BCUT2D eigenvalue weighted by Crippen LogP contribution is -2.41. The van der Waals surface area contributed by atoms with Crippen molar-refractivity contribution >= 4 is 27.2 Å². The minimum absolute atomic E-state index is 0.0595. The predicted octanol–water partition coefficient (Wildman–Crippen LogP) is 1.76. The van der Waals surface area contributed by atoms with Crippen LogP contribution in [0.3, 0.4) is 0 Å². The molecule has 3 aromatic rings. The predicted molar refractivity (Wildman–Crippen MR) is 110 cm³/mol. The van der Waals surface area contributed by atoms with Crippen LogP contribution >= 0.6 is 0 Å². The van der Waals surface area contributed by atoms with E-state index in [1.165, 1.54) is 27.2 Å². The number of piperidine rings is 1. The van der Waals surface area contributed by atoms with E-state index in [4.69, 9.17) is 5.11 Å². The number of halogens is 1. The molecule has 11 heteroatoms. The molecule has 1 saturated heterocycles. The summed E-state index contributed by atoms with van der Waals surface area (Å²) in [6, 6.07) is 6.52. The van der Waals surface area contributed by atoms with Crippen LogP contribution in [0.1, 0.15) is 24.4 Å². The number of carboxylic acids is 1. The minimum atomic E-state index is -3.80. The van der Waals surface area contributed by atoms with Crippen molar-refractivity contribution in [1.82, 2.24) is 18.4 Å². The molecule has 1 aliphatic rings. The number of pyridine rings is 1. The Bertz CT molecular complexity index is 1320. The van der Waals surface area contributed by atoms with Crippen LogP contribution < -0.4 is 5.69 Å². The number of carbonyl (C=O) groups is 1. The summed E-state index contributed by atoms with van der Waals surface area (Å²) in [6.07, 6.45) is 2.25. The van der Waals surface area contributed by atoms with E-state index in [0.29, 0.717) is 29.6 Å². The Kier molecular flexibility index (Phi) is 5.40. The quantitative estimate of drug-likeness (QED) is 0.636. The molecule has 3 heterocycles. The number of fused-ring (bicyclic) bond motifs is 1. The minimum Gasteiger partial charge on any atom is -0.480 e. The fourth-order valence-electron chi connectivity index (χ4n) is 4.11.